The van der Waals surface area contributed by atoms with Crippen LogP contribution in [0.25, 0.3) is 0 Å². The number of fused-ring (bicyclic) bond motifs is 2. The van der Waals surface area contributed by atoms with Gasteiger partial charge in [-0.3, -0.25) is 0 Å². The van der Waals surface area contributed by atoms with Gasteiger partial charge in [-0.2, -0.15) is 0 Å². The normalized spacial score (nSPS) is 44.6. The number of ether oxygens (including phenoxy) is 4. The second-order valence-corrected chi connectivity index (χ2v) is 13.5. The number of hydrogen-bond donors (Lipinski definition) is 6. The number of aliphatic hydroxyl groups excluding tert-OH is 6. The summed E-state index contributed by atoms with van der Waals surface area (Å²) in [5.41, 5.74) is 0.955. The van der Waals surface area contributed by atoms with Gasteiger partial charge in [-0.1, -0.05) is 37.1 Å². The van der Waals surface area contributed by atoms with E-state index in [9.17, 15) is 30.6 Å². The van der Waals surface area contributed by atoms with Gasteiger partial charge in [-0.25, -0.2) is 0 Å². The van der Waals surface area contributed by atoms with Crippen LogP contribution in [-0.4, -0.2) is 112 Å². The SMILES string of the molecule is C=CC(C)(C)OC[C@H]1O[C@H](O[C@H]2C3=C([C@H](C)CO)C[C@H](O)[C@]3(C)/C=C3/[C@@H](COC)CC[C@H]3[C@@H](C)[C@H]2O)[C@H](O)[C@H](O)[C@@H]1O. The van der Waals surface area contributed by atoms with Crippen molar-refractivity contribution in [2.75, 3.05) is 26.9 Å². The first-order chi connectivity index (χ1) is 19.7. The fraction of sp³-hybridized carbons (Fsp3) is 0.812. The van der Waals surface area contributed by atoms with Crippen molar-refractivity contribution in [3.63, 3.8) is 0 Å². The van der Waals surface area contributed by atoms with Crippen LogP contribution in [0.1, 0.15) is 53.9 Å². The number of aliphatic hydroxyl groups is 6. The van der Waals surface area contributed by atoms with E-state index in [1.165, 1.54) is 0 Å². The zero-order chi connectivity index (χ0) is 31.1. The van der Waals surface area contributed by atoms with Gasteiger partial charge in [0.1, 0.15) is 30.5 Å². The van der Waals surface area contributed by atoms with Gasteiger partial charge in [0.2, 0.25) is 0 Å². The maximum atomic E-state index is 12.0. The molecule has 10 nitrogen and oxygen atoms in total. The summed E-state index contributed by atoms with van der Waals surface area (Å²) in [6, 6.07) is 0. The highest BCUT2D eigenvalue weighted by molar-refractivity contribution is 5.43. The van der Waals surface area contributed by atoms with Crippen LogP contribution in [0.2, 0.25) is 0 Å². The Morgan fingerprint density at radius 3 is 2.40 bits per heavy atom. The van der Waals surface area contributed by atoms with Crippen LogP contribution >= 0.6 is 0 Å². The van der Waals surface area contributed by atoms with Gasteiger partial charge < -0.3 is 49.6 Å². The second-order valence-electron chi connectivity index (χ2n) is 13.5. The van der Waals surface area contributed by atoms with Crippen molar-refractivity contribution in [3.8, 4) is 0 Å². The molecular formula is C32H52O10. The quantitative estimate of drug-likeness (QED) is 0.204. The molecule has 0 aromatic heterocycles. The lowest BCUT2D eigenvalue weighted by Gasteiger charge is -2.46. The Morgan fingerprint density at radius 2 is 1.79 bits per heavy atom. The third-order valence-electron chi connectivity index (χ3n) is 10.3. The smallest absolute Gasteiger partial charge is 0.187 e. The Morgan fingerprint density at radius 1 is 1.10 bits per heavy atom. The van der Waals surface area contributed by atoms with Crippen LogP contribution in [0.4, 0.5) is 0 Å². The number of rotatable bonds is 10. The van der Waals surface area contributed by atoms with E-state index >= 15 is 0 Å². The Balaban J connectivity index is 1.76. The first kappa shape index (κ1) is 33.7. The van der Waals surface area contributed by atoms with E-state index in [0.29, 0.717) is 18.6 Å². The van der Waals surface area contributed by atoms with E-state index in [2.05, 4.69) is 12.7 Å². The third kappa shape index (κ3) is 6.18. The zero-order valence-corrected chi connectivity index (χ0v) is 25.8. The molecular weight excluding hydrogens is 544 g/mol. The molecule has 1 saturated carbocycles. The van der Waals surface area contributed by atoms with E-state index in [1.807, 2.05) is 20.8 Å². The summed E-state index contributed by atoms with van der Waals surface area (Å²) in [6.07, 6.45) is -4.22. The highest BCUT2D eigenvalue weighted by atomic mass is 16.7. The van der Waals surface area contributed by atoms with Crippen molar-refractivity contribution in [2.24, 2.45) is 29.1 Å². The summed E-state index contributed by atoms with van der Waals surface area (Å²) in [6.45, 7) is 13.4. The molecule has 4 aliphatic rings. The van der Waals surface area contributed by atoms with E-state index in [-0.39, 0.29) is 36.9 Å². The lowest BCUT2D eigenvalue weighted by molar-refractivity contribution is -0.319. The predicted molar refractivity (Wildman–Crippen MR) is 155 cm³/mol. The van der Waals surface area contributed by atoms with Crippen LogP contribution in [-0.2, 0) is 18.9 Å². The third-order valence-corrected chi connectivity index (χ3v) is 10.3. The molecule has 240 valence electrons. The minimum atomic E-state index is -1.61. The van der Waals surface area contributed by atoms with Crippen LogP contribution in [0.5, 0.6) is 0 Å². The van der Waals surface area contributed by atoms with Crippen LogP contribution in [0.15, 0.2) is 35.5 Å². The molecule has 2 fully saturated rings. The van der Waals surface area contributed by atoms with E-state index in [1.54, 1.807) is 27.0 Å². The highest BCUT2D eigenvalue weighted by Gasteiger charge is 2.55. The predicted octanol–water partition coefficient (Wildman–Crippen LogP) is 1.47. The molecule has 3 aliphatic carbocycles. The molecule has 0 bridgehead atoms. The van der Waals surface area contributed by atoms with E-state index in [0.717, 1.165) is 24.0 Å². The largest absolute Gasteiger partial charge is 0.396 e. The molecule has 0 radical (unpaired) electrons. The Kier molecular flexibility index (Phi) is 10.5. The molecule has 13 atom stereocenters. The van der Waals surface area contributed by atoms with Crippen molar-refractivity contribution in [1.29, 1.82) is 0 Å². The fourth-order valence-corrected chi connectivity index (χ4v) is 7.33. The molecule has 10 heteroatoms. The van der Waals surface area contributed by atoms with Gasteiger partial charge in [0, 0.05) is 31.0 Å². The average molecular weight is 597 g/mol. The van der Waals surface area contributed by atoms with Crippen LogP contribution < -0.4 is 0 Å². The maximum Gasteiger partial charge on any atom is 0.187 e. The minimum Gasteiger partial charge on any atom is -0.396 e. The van der Waals surface area contributed by atoms with Gasteiger partial charge >= 0.3 is 0 Å². The summed E-state index contributed by atoms with van der Waals surface area (Å²) < 4.78 is 23.9. The molecule has 0 unspecified atom stereocenters. The number of hydrogen-bond acceptors (Lipinski definition) is 10. The Labute approximate surface area is 249 Å². The van der Waals surface area contributed by atoms with E-state index in [4.69, 9.17) is 18.9 Å². The maximum absolute atomic E-state index is 12.0. The van der Waals surface area contributed by atoms with Crippen molar-refractivity contribution in [1.82, 2.24) is 0 Å². The second kappa shape index (κ2) is 13.0. The average Bonchev–Trinajstić information content (AvgIpc) is 3.46. The molecule has 0 aromatic carbocycles. The highest BCUT2D eigenvalue weighted by Crippen LogP contribution is 2.55. The van der Waals surface area contributed by atoms with Gasteiger partial charge in [-0.15, -0.1) is 6.58 Å². The van der Waals surface area contributed by atoms with E-state index < -0.39 is 60.0 Å². The summed E-state index contributed by atoms with van der Waals surface area (Å²) in [5, 5.41) is 66.2. The van der Waals surface area contributed by atoms with Crippen molar-refractivity contribution >= 4 is 0 Å². The van der Waals surface area contributed by atoms with Gasteiger partial charge in [-0.05, 0) is 57.4 Å². The van der Waals surface area contributed by atoms with Gasteiger partial charge in [0.15, 0.2) is 6.29 Å². The Bertz CT molecular complexity index is 1020. The molecule has 1 aliphatic heterocycles. The van der Waals surface area contributed by atoms with Crippen LogP contribution in [0, 0.1) is 29.1 Å². The molecule has 6 N–H and O–H groups in total. The van der Waals surface area contributed by atoms with Crippen molar-refractivity contribution in [2.45, 2.75) is 108 Å². The molecule has 0 aromatic rings. The Hall–Kier alpha value is -1.18. The first-order valence-corrected chi connectivity index (χ1v) is 15.2. The monoisotopic (exact) mass is 596 g/mol. The van der Waals surface area contributed by atoms with Gasteiger partial charge in [0.05, 0.1) is 31.0 Å². The molecule has 0 amide bonds. The summed E-state index contributed by atoms with van der Waals surface area (Å²) in [4.78, 5) is 0. The zero-order valence-electron chi connectivity index (χ0n) is 25.8. The van der Waals surface area contributed by atoms with Crippen molar-refractivity contribution < 1.29 is 49.6 Å². The standard InChI is InChI=1S/C32H52O10/c1-8-31(4,5)40-15-22-26(36)27(37)28(38)30(41-22)42-29-24-20(16(2)13-33)11-23(34)32(24,6)12-21-18(14-39-7)9-10-19(21)17(3)25(29)35/h8,12,16-19,22-23,25-30,33-38H,1,9-11,13-15H2,2-7H3/b21-12-/t16-,17-,18-,19+,22-,23+,25-,26-,27-,28-,29+,30-,32+/m1/s1. The summed E-state index contributed by atoms with van der Waals surface area (Å²) in [7, 11) is 1.68. The summed E-state index contributed by atoms with van der Waals surface area (Å²) in [5.74, 6) is -0.378. The first-order valence-electron chi connectivity index (χ1n) is 15.2. The lowest BCUT2D eigenvalue weighted by Crippen LogP contribution is -2.61. The minimum absolute atomic E-state index is 0.0306. The molecule has 42 heavy (non-hydrogen) atoms. The molecule has 1 saturated heterocycles. The van der Waals surface area contributed by atoms with Crippen LogP contribution in [0.3, 0.4) is 0 Å². The molecule has 0 spiro atoms. The van der Waals surface area contributed by atoms with Gasteiger partial charge in [0.25, 0.3) is 0 Å². The molecule has 4 rings (SSSR count). The fourth-order valence-electron chi connectivity index (χ4n) is 7.33. The lowest BCUT2D eigenvalue weighted by atomic mass is 9.68. The van der Waals surface area contributed by atoms with Crippen molar-refractivity contribution in [3.05, 3.63) is 35.5 Å². The topological polar surface area (TPSA) is 158 Å². The molecule has 1 heterocycles. The summed E-state index contributed by atoms with van der Waals surface area (Å²) >= 11 is 0. The number of methoxy groups -OCH3 is 1.